The third kappa shape index (κ3) is 3.23. The third-order valence-electron chi connectivity index (χ3n) is 2.67. The number of aliphatic carboxylic acids is 1. The summed E-state index contributed by atoms with van der Waals surface area (Å²) in [7, 11) is 0. The van der Waals surface area contributed by atoms with Crippen molar-refractivity contribution in [3.8, 4) is 5.75 Å². The van der Waals surface area contributed by atoms with Crippen molar-refractivity contribution in [2.45, 2.75) is 20.8 Å². The topological polar surface area (TPSA) is 86.6 Å². The Balaban J connectivity index is 2.75. The van der Waals surface area contributed by atoms with Gasteiger partial charge >= 0.3 is 5.97 Å². The average Bonchev–Trinajstić information content (AvgIpc) is 2.25. The van der Waals surface area contributed by atoms with Gasteiger partial charge in [0.05, 0.1) is 11.0 Å². The van der Waals surface area contributed by atoms with Crippen LogP contribution in [0.25, 0.3) is 0 Å². The van der Waals surface area contributed by atoms with Crippen LogP contribution in [-0.2, 0) is 4.79 Å². The van der Waals surface area contributed by atoms with E-state index < -0.39 is 17.3 Å². The standard InChI is InChI=1S/C13H17NO4/c1-8-4-5-9(10(15)6-8)11(16)14-7-13(2,3)12(17)18/h4-6,15H,7H2,1-3H3,(H,14,16)(H,17,18). The number of carboxylic acids is 1. The number of benzene rings is 1. The molecule has 1 amide bonds. The van der Waals surface area contributed by atoms with Crippen molar-refractivity contribution in [1.29, 1.82) is 0 Å². The van der Waals surface area contributed by atoms with E-state index in [1.807, 2.05) is 0 Å². The number of carbonyl (C=O) groups is 2. The number of aryl methyl sites for hydroxylation is 1. The molecule has 0 atom stereocenters. The van der Waals surface area contributed by atoms with Crippen molar-refractivity contribution < 1.29 is 19.8 Å². The second-order valence-electron chi connectivity index (χ2n) is 4.89. The SMILES string of the molecule is Cc1ccc(C(=O)NCC(C)(C)C(=O)O)c(O)c1. The lowest BCUT2D eigenvalue weighted by molar-refractivity contribution is -0.146. The quantitative estimate of drug-likeness (QED) is 0.757. The van der Waals surface area contributed by atoms with E-state index in [9.17, 15) is 14.7 Å². The molecule has 0 fully saturated rings. The van der Waals surface area contributed by atoms with Gasteiger partial charge in [0.15, 0.2) is 0 Å². The molecule has 0 aromatic heterocycles. The summed E-state index contributed by atoms with van der Waals surface area (Å²) in [6.45, 7) is 4.83. The van der Waals surface area contributed by atoms with Crippen LogP contribution in [0.5, 0.6) is 5.75 Å². The van der Waals surface area contributed by atoms with Crippen molar-refractivity contribution in [3.05, 3.63) is 29.3 Å². The van der Waals surface area contributed by atoms with Crippen LogP contribution in [0.1, 0.15) is 29.8 Å². The maximum absolute atomic E-state index is 11.8. The number of phenols is 1. The van der Waals surface area contributed by atoms with E-state index in [1.54, 1.807) is 13.0 Å². The molecule has 0 saturated carbocycles. The Morgan fingerprint density at radius 2 is 1.94 bits per heavy atom. The Morgan fingerprint density at radius 3 is 2.44 bits per heavy atom. The number of rotatable bonds is 4. The minimum Gasteiger partial charge on any atom is -0.507 e. The highest BCUT2D eigenvalue weighted by molar-refractivity contribution is 5.97. The predicted octanol–water partition coefficient (Wildman–Crippen LogP) is 1.54. The van der Waals surface area contributed by atoms with Crippen LogP contribution < -0.4 is 5.32 Å². The molecule has 5 nitrogen and oxygen atoms in total. The number of nitrogens with one attached hydrogen (secondary N) is 1. The van der Waals surface area contributed by atoms with Gasteiger partial charge in [-0.3, -0.25) is 9.59 Å². The van der Waals surface area contributed by atoms with E-state index >= 15 is 0 Å². The van der Waals surface area contributed by atoms with E-state index in [2.05, 4.69) is 5.32 Å². The molecule has 5 heteroatoms. The van der Waals surface area contributed by atoms with E-state index in [-0.39, 0.29) is 17.9 Å². The van der Waals surface area contributed by atoms with Crippen LogP contribution in [-0.4, -0.2) is 28.6 Å². The Morgan fingerprint density at radius 1 is 1.33 bits per heavy atom. The van der Waals surface area contributed by atoms with Gasteiger partial charge in [-0.1, -0.05) is 6.07 Å². The van der Waals surface area contributed by atoms with Crippen molar-refractivity contribution in [2.24, 2.45) is 5.41 Å². The number of aromatic hydroxyl groups is 1. The maximum atomic E-state index is 11.8. The van der Waals surface area contributed by atoms with Gasteiger partial charge in [0.1, 0.15) is 5.75 Å². The number of amides is 1. The number of carboxylic acid groups (broad SMARTS) is 1. The van der Waals surface area contributed by atoms with E-state index in [1.165, 1.54) is 26.0 Å². The molecule has 1 aromatic carbocycles. The molecule has 18 heavy (non-hydrogen) atoms. The summed E-state index contributed by atoms with van der Waals surface area (Å²) in [5.74, 6) is -1.58. The molecular formula is C13H17NO4. The number of carbonyl (C=O) groups excluding carboxylic acids is 1. The molecule has 1 aromatic rings. The first kappa shape index (κ1) is 14.0. The highest BCUT2D eigenvalue weighted by Gasteiger charge is 2.28. The fourth-order valence-corrected chi connectivity index (χ4v) is 1.31. The molecular weight excluding hydrogens is 234 g/mol. The fourth-order valence-electron chi connectivity index (χ4n) is 1.31. The summed E-state index contributed by atoms with van der Waals surface area (Å²) < 4.78 is 0. The van der Waals surface area contributed by atoms with Crippen molar-refractivity contribution in [2.75, 3.05) is 6.54 Å². The normalized spacial score (nSPS) is 11.1. The summed E-state index contributed by atoms with van der Waals surface area (Å²) >= 11 is 0. The van der Waals surface area contributed by atoms with Gasteiger partial charge in [0, 0.05) is 6.54 Å². The summed E-state index contributed by atoms with van der Waals surface area (Å²) in [5.41, 5.74) is -0.0626. The zero-order valence-electron chi connectivity index (χ0n) is 10.7. The summed E-state index contributed by atoms with van der Waals surface area (Å²) in [6.07, 6.45) is 0. The smallest absolute Gasteiger partial charge is 0.310 e. The lowest BCUT2D eigenvalue weighted by atomic mass is 9.94. The summed E-state index contributed by atoms with van der Waals surface area (Å²) in [5, 5.41) is 21.0. The van der Waals surface area contributed by atoms with Crippen molar-refractivity contribution >= 4 is 11.9 Å². The highest BCUT2D eigenvalue weighted by Crippen LogP contribution is 2.19. The van der Waals surface area contributed by atoms with Gasteiger partial charge in [0.25, 0.3) is 5.91 Å². The Bertz CT molecular complexity index is 480. The molecule has 0 saturated heterocycles. The van der Waals surface area contributed by atoms with E-state index in [4.69, 9.17) is 5.11 Å². The maximum Gasteiger partial charge on any atom is 0.310 e. The molecule has 0 aliphatic rings. The molecule has 1 rings (SSSR count). The molecule has 0 bridgehead atoms. The van der Waals surface area contributed by atoms with Gasteiger partial charge in [-0.2, -0.15) is 0 Å². The Hall–Kier alpha value is -2.04. The van der Waals surface area contributed by atoms with Gasteiger partial charge in [-0.25, -0.2) is 0 Å². The number of hydrogen-bond acceptors (Lipinski definition) is 3. The molecule has 0 radical (unpaired) electrons. The Labute approximate surface area is 105 Å². The minimum atomic E-state index is -1.05. The number of phenolic OH excluding ortho intramolecular Hbond substituents is 1. The first-order chi connectivity index (χ1) is 8.24. The lowest BCUT2D eigenvalue weighted by Gasteiger charge is -2.19. The predicted molar refractivity (Wildman–Crippen MR) is 66.6 cm³/mol. The highest BCUT2D eigenvalue weighted by atomic mass is 16.4. The lowest BCUT2D eigenvalue weighted by Crippen LogP contribution is -2.38. The van der Waals surface area contributed by atoms with Crippen LogP contribution in [0.4, 0.5) is 0 Å². The third-order valence-corrected chi connectivity index (χ3v) is 2.67. The molecule has 0 spiro atoms. The fraction of sp³-hybridized carbons (Fsp3) is 0.385. The molecule has 0 heterocycles. The van der Waals surface area contributed by atoms with Crippen molar-refractivity contribution in [1.82, 2.24) is 5.32 Å². The van der Waals surface area contributed by atoms with E-state index in [0.717, 1.165) is 5.56 Å². The second kappa shape index (κ2) is 5.08. The summed E-state index contributed by atoms with van der Waals surface area (Å²) in [4.78, 5) is 22.7. The average molecular weight is 251 g/mol. The monoisotopic (exact) mass is 251 g/mol. The van der Waals surface area contributed by atoms with Crippen molar-refractivity contribution in [3.63, 3.8) is 0 Å². The molecule has 0 aliphatic heterocycles. The van der Waals surface area contributed by atoms with Crippen LogP contribution in [0, 0.1) is 12.3 Å². The first-order valence-corrected chi connectivity index (χ1v) is 5.55. The van der Waals surface area contributed by atoms with Gasteiger partial charge in [-0.15, -0.1) is 0 Å². The van der Waals surface area contributed by atoms with Crippen LogP contribution in [0.2, 0.25) is 0 Å². The first-order valence-electron chi connectivity index (χ1n) is 5.55. The molecule has 98 valence electrons. The number of hydrogen-bond donors (Lipinski definition) is 3. The zero-order chi connectivity index (χ0) is 13.9. The van der Waals surface area contributed by atoms with Crippen LogP contribution in [0.3, 0.4) is 0 Å². The molecule has 0 unspecified atom stereocenters. The molecule has 3 N–H and O–H groups in total. The van der Waals surface area contributed by atoms with Gasteiger partial charge in [0.2, 0.25) is 0 Å². The van der Waals surface area contributed by atoms with Gasteiger partial charge < -0.3 is 15.5 Å². The van der Waals surface area contributed by atoms with Gasteiger partial charge in [-0.05, 0) is 38.5 Å². The van der Waals surface area contributed by atoms with E-state index in [0.29, 0.717) is 0 Å². The minimum absolute atomic E-state index is 0.00547. The zero-order valence-corrected chi connectivity index (χ0v) is 10.7. The molecule has 0 aliphatic carbocycles. The summed E-state index contributed by atoms with van der Waals surface area (Å²) in [6, 6.07) is 4.70. The Kier molecular flexibility index (Phi) is 3.96. The second-order valence-corrected chi connectivity index (χ2v) is 4.89. The largest absolute Gasteiger partial charge is 0.507 e. The van der Waals surface area contributed by atoms with Crippen LogP contribution in [0.15, 0.2) is 18.2 Å². The van der Waals surface area contributed by atoms with Crippen LogP contribution >= 0.6 is 0 Å².